The average Bonchev–Trinajstić information content (AvgIpc) is 2.65. The highest BCUT2D eigenvalue weighted by atomic mass is 32.2. The van der Waals surface area contributed by atoms with Gasteiger partial charge in [0.2, 0.25) is 15.9 Å². The van der Waals surface area contributed by atoms with Gasteiger partial charge in [0.15, 0.2) is 0 Å². The van der Waals surface area contributed by atoms with Crippen molar-refractivity contribution in [2.24, 2.45) is 0 Å². The first kappa shape index (κ1) is 21.7. The molecule has 28 heavy (non-hydrogen) atoms. The predicted octanol–water partition coefficient (Wildman–Crippen LogP) is 3.26. The van der Waals surface area contributed by atoms with Gasteiger partial charge >= 0.3 is 0 Å². The fourth-order valence-electron chi connectivity index (χ4n) is 3.06. The van der Waals surface area contributed by atoms with Gasteiger partial charge in [-0.05, 0) is 43.7 Å². The first-order chi connectivity index (χ1) is 13.2. The Bertz CT molecular complexity index is 916. The van der Waals surface area contributed by atoms with E-state index in [9.17, 15) is 17.6 Å². The highest BCUT2D eigenvalue weighted by Crippen LogP contribution is 2.26. The first-order valence-corrected chi connectivity index (χ1v) is 10.7. The maximum absolute atomic E-state index is 13.3. The Kier molecular flexibility index (Phi) is 7.01. The Hall–Kier alpha value is -2.61. The summed E-state index contributed by atoms with van der Waals surface area (Å²) in [5, 5.41) is 2.86. The number of benzene rings is 2. The molecule has 0 saturated carbocycles. The van der Waals surface area contributed by atoms with Gasteiger partial charge in [-0.25, -0.2) is 12.8 Å². The number of nitrogens with one attached hydrogen (secondary N) is 1. The minimum Gasteiger partial charge on any atom is -0.496 e. The molecule has 2 unspecified atom stereocenters. The molecule has 0 aliphatic rings. The highest BCUT2D eigenvalue weighted by molar-refractivity contribution is 7.92. The molecule has 0 saturated heterocycles. The summed E-state index contributed by atoms with van der Waals surface area (Å²) < 4.78 is 44.4. The third-order valence-electron chi connectivity index (χ3n) is 4.38. The molecule has 0 aliphatic carbocycles. The summed E-state index contributed by atoms with van der Waals surface area (Å²) in [6.45, 7) is 3.52. The summed E-state index contributed by atoms with van der Waals surface area (Å²) in [6.07, 6.45) is 1.27. The van der Waals surface area contributed by atoms with Crippen LogP contribution in [-0.2, 0) is 14.8 Å². The number of para-hydroxylation sites is 1. The van der Waals surface area contributed by atoms with Gasteiger partial charge in [-0.2, -0.15) is 0 Å². The number of carbonyl (C=O) groups excluding carboxylic acids is 1. The topological polar surface area (TPSA) is 75.7 Å². The zero-order valence-corrected chi connectivity index (χ0v) is 17.2. The second-order valence-corrected chi connectivity index (χ2v) is 8.29. The lowest BCUT2D eigenvalue weighted by atomic mass is 10.1. The van der Waals surface area contributed by atoms with Crippen molar-refractivity contribution >= 4 is 21.6 Å². The molecular formula is C20H25FN2O4S. The lowest BCUT2D eigenvalue weighted by Crippen LogP contribution is -2.49. The van der Waals surface area contributed by atoms with Crippen LogP contribution in [0.25, 0.3) is 0 Å². The number of hydrogen-bond acceptors (Lipinski definition) is 4. The summed E-state index contributed by atoms with van der Waals surface area (Å²) >= 11 is 0. The number of anilines is 1. The largest absolute Gasteiger partial charge is 0.496 e. The van der Waals surface area contributed by atoms with Crippen molar-refractivity contribution in [2.75, 3.05) is 17.7 Å². The minimum absolute atomic E-state index is 0.232. The molecule has 0 heterocycles. The number of ether oxygens (including phenoxy) is 1. The Morgan fingerprint density at radius 1 is 1.18 bits per heavy atom. The summed E-state index contributed by atoms with van der Waals surface area (Å²) in [5.74, 6) is -0.308. The van der Waals surface area contributed by atoms with Gasteiger partial charge in [0.1, 0.15) is 17.6 Å². The summed E-state index contributed by atoms with van der Waals surface area (Å²) in [7, 11) is -2.23. The number of rotatable bonds is 8. The van der Waals surface area contributed by atoms with E-state index in [2.05, 4.69) is 5.32 Å². The van der Waals surface area contributed by atoms with Gasteiger partial charge in [-0.3, -0.25) is 9.10 Å². The molecular weight excluding hydrogens is 383 g/mol. The van der Waals surface area contributed by atoms with Crippen LogP contribution >= 0.6 is 0 Å². The molecule has 0 bridgehead atoms. The van der Waals surface area contributed by atoms with Gasteiger partial charge in [0.05, 0.1) is 25.1 Å². The quantitative estimate of drug-likeness (QED) is 0.728. The molecule has 8 heteroatoms. The van der Waals surface area contributed by atoms with Crippen molar-refractivity contribution in [1.29, 1.82) is 0 Å². The van der Waals surface area contributed by atoms with Crippen molar-refractivity contribution in [3.8, 4) is 5.75 Å². The molecule has 2 aromatic carbocycles. The number of sulfonamides is 1. The monoisotopic (exact) mass is 408 g/mol. The highest BCUT2D eigenvalue weighted by Gasteiger charge is 2.32. The Labute approximate surface area is 165 Å². The average molecular weight is 408 g/mol. The number of amides is 1. The number of halogens is 1. The molecule has 0 fully saturated rings. The number of carbonyl (C=O) groups is 1. The predicted molar refractivity (Wildman–Crippen MR) is 107 cm³/mol. The zero-order valence-electron chi connectivity index (χ0n) is 16.3. The van der Waals surface area contributed by atoms with Gasteiger partial charge in [0, 0.05) is 5.56 Å². The van der Waals surface area contributed by atoms with E-state index in [0.717, 1.165) is 28.3 Å². The number of hydrogen-bond donors (Lipinski definition) is 1. The van der Waals surface area contributed by atoms with Crippen molar-refractivity contribution in [1.82, 2.24) is 5.32 Å². The molecule has 2 rings (SSSR count). The van der Waals surface area contributed by atoms with Gasteiger partial charge in [-0.1, -0.05) is 25.1 Å². The SMILES string of the molecule is CCC(C(=O)NC(C)c1ccccc1OC)N(c1ccc(F)cc1)S(C)(=O)=O. The zero-order chi connectivity index (χ0) is 20.9. The standard InChI is InChI=1S/C20H25FN2O4S/c1-5-18(23(28(4,25)26)16-12-10-15(21)11-13-16)20(24)22-14(2)17-8-6-7-9-19(17)27-3/h6-14,18H,5H2,1-4H3,(H,22,24). The molecule has 2 aromatic rings. The van der Waals surface area contributed by atoms with Gasteiger partial charge in [0.25, 0.3) is 0 Å². The Balaban J connectivity index is 2.32. The van der Waals surface area contributed by atoms with Crippen molar-refractivity contribution in [3.05, 3.63) is 59.9 Å². The Morgan fingerprint density at radius 2 is 1.79 bits per heavy atom. The Morgan fingerprint density at radius 3 is 2.32 bits per heavy atom. The smallest absolute Gasteiger partial charge is 0.244 e. The summed E-state index contributed by atoms with van der Waals surface area (Å²) in [4.78, 5) is 13.0. The van der Waals surface area contributed by atoms with E-state index in [0.29, 0.717) is 5.75 Å². The van der Waals surface area contributed by atoms with Crippen molar-refractivity contribution in [2.45, 2.75) is 32.4 Å². The molecule has 152 valence electrons. The van der Waals surface area contributed by atoms with E-state index in [1.54, 1.807) is 27.0 Å². The van der Waals surface area contributed by atoms with E-state index in [1.807, 2.05) is 18.2 Å². The van der Waals surface area contributed by atoms with Crippen LogP contribution in [0.5, 0.6) is 5.75 Å². The second kappa shape index (κ2) is 9.05. The van der Waals surface area contributed by atoms with Crippen LogP contribution in [0.3, 0.4) is 0 Å². The molecule has 0 spiro atoms. The second-order valence-electron chi connectivity index (χ2n) is 6.43. The van der Waals surface area contributed by atoms with E-state index in [4.69, 9.17) is 4.74 Å². The minimum atomic E-state index is -3.78. The van der Waals surface area contributed by atoms with E-state index in [-0.39, 0.29) is 12.1 Å². The van der Waals surface area contributed by atoms with Gasteiger partial charge < -0.3 is 10.1 Å². The maximum atomic E-state index is 13.3. The van der Waals surface area contributed by atoms with E-state index >= 15 is 0 Å². The van der Waals surface area contributed by atoms with Crippen LogP contribution in [0.15, 0.2) is 48.5 Å². The summed E-state index contributed by atoms with van der Waals surface area (Å²) in [6, 6.07) is 10.9. The van der Waals surface area contributed by atoms with Crippen molar-refractivity contribution < 1.29 is 22.3 Å². The summed E-state index contributed by atoms with van der Waals surface area (Å²) in [5.41, 5.74) is 1.01. The molecule has 0 aliphatic heterocycles. The first-order valence-electron chi connectivity index (χ1n) is 8.87. The molecule has 0 radical (unpaired) electrons. The van der Waals surface area contributed by atoms with Crippen molar-refractivity contribution in [3.63, 3.8) is 0 Å². The van der Waals surface area contributed by atoms with Crippen LogP contribution in [0.2, 0.25) is 0 Å². The van der Waals surface area contributed by atoms with Crippen LogP contribution in [-0.4, -0.2) is 33.7 Å². The van der Waals surface area contributed by atoms with Crippen LogP contribution in [0, 0.1) is 5.82 Å². The lowest BCUT2D eigenvalue weighted by molar-refractivity contribution is -0.122. The molecule has 1 amide bonds. The number of methoxy groups -OCH3 is 1. The lowest BCUT2D eigenvalue weighted by Gasteiger charge is -2.31. The molecule has 6 nitrogen and oxygen atoms in total. The fourth-order valence-corrected chi connectivity index (χ4v) is 4.27. The van der Waals surface area contributed by atoms with Crippen LogP contribution in [0.1, 0.15) is 31.9 Å². The maximum Gasteiger partial charge on any atom is 0.244 e. The normalized spacial score (nSPS) is 13.5. The van der Waals surface area contributed by atoms with Crippen LogP contribution in [0.4, 0.5) is 10.1 Å². The molecule has 1 N–H and O–H groups in total. The third-order valence-corrected chi connectivity index (χ3v) is 5.55. The van der Waals surface area contributed by atoms with E-state index < -0.39 is 33.8 Å². The molecule has 2 atom stereocenters. The third kappa shape index (κ3) is 5.01. The van der Waals surface area contributed by atoms with E-state index in [1.165, 1.54) is 12.1 Å². The van der Waals surface area contributed by atoms with Gasteiger partial charge in [-0.15, -0.1) is 0 Å². The number of nitrogens with zero attached hydrogens (tertiary/aromatic N) is 1. The fraction of sp³-hybridized carbons (Fsp3) is 0.350. The molecule has 0 aromatic heterocycles. The van der Waals surface area contributed by atoms with Crippen LogP contribution < -0.4 is 14.4 Å².